The molecule has 1 heterocycles. The molecule has 0 unspecified atom stereocenters. The van der Waals surface area contributed by atoms with Crippen molar-refractivity contribution in [2.45, 2.75) is 0 Å². The summed E-state index contributed by atoms with van der Waals surface area (Å²) in [6.07, 6.45) is 2.50. The first kappa shape index (κ1) is 8.31. The van der Waals surface area contributed by atoms with Gasteiger partial charge >= 0.3 is 9.05 Å². The zero-order valence-corrected chi connectivity index (χ0v) is 7.12. The third kappa shape index (κ3) is 1.83. The molecule has 0 bridgehead atoms. The van der Waals surface area contributed by atoms with E-state index in [-0.39, 0.29) is 0 Å². The van der Waals surface area contributed by atoms with Gasteiger partial charge in [0.25, 0.3) is 0 Å². The van der Waals surface area contributed by atoms with Crippen molar-refractivity contribution < 1.29 is 17.7 Å². The van der Waals surface area contributed by atoms with Gasteiger partial charge in [0.05, 0.1) is 25.7 Å². The first-order valence-corrected chi connectivity index (χ1v) is 4.81. The minimum Gasteiger partial charge on any atom is -0.478 e. The molecule has 5 heteroatoms. The Morgan fingerprint density at radius 1 is 1.09 bits per heavy atom. The SMILES string of the molecule is C=CO[Si]1(OC=C)OCCO1. The maximum atomic E-state index is 5.15. The summed E-state index contributed by atoms with van der Waals surface area (Å²) in [5.74, 6) is 0. The molecule has 0 aromatic heterocycles. The van der Waals surface area contributed by atoms with E-state index in [4.69, 9.17) is 17.7 Å². The Morgan fingerprint density at radius 3 is 1.91 bits per heavy atom. The van der Waals surface area contributed by atoms with E-state index in [0.717, 1.165) is 0 Å². The van der Waals surface area contributed by atoms with Gasteiger partial charge in [0.15, 0.2) is 0 Å². The Kier molecular flexibility index (Phi) is 2.69. The molecule has 0 saturated carbocycles. The minimum absolute atomic E-state index is 0.494. The van der Waals surface area contributed by atoms with E-state index >= 15 is 0 Å². The van der Waals surface area contributed by atoms with Crippen LogP contribution in [-0.4, -0.2) is 22.3 Å². The average molecular weight is 174 g/mol. The molecule has 0 aromatic rings. The van der Waals surface area contributed by atoms with Crippen LogP contribution in [0, 0.1) is 0 Å². The van der Waals surface area contributed by atoms with Gasteiger partial charge in [-0.05, 0) is 0 Å². The van der Waals surface area contributed by atoms with Crippen molar-refractivity contribution in [3.05, 3.63) is 25.7 Å². The van der Waals surface area contributed by atoms with Gasteiger partial charge in [0, 0.05) is 0 Å². The van der Waals surface area contributed by atoms with Crippen LogP contribution in [-0.2, 0) is 17.7 Å². The second-order valence-corrected chi connectivity index (χ2v) is 3.81. The zero-order chi connectivity index (χ0) is 8.16. The Bertz CT molecular complexity index is 141. The van der Waals surface area contributed by atoms with Crippen molar-refractivity contribution in [3.63, 3.8) is 0 Å². The van der Waals surface area contributed by atoms with Crippen LogP contribution in [0.1, 0.15) is 0 Å². The molecular weight excluding hydrogens is 164 g/mol. The molecule has 1 aliphatic rings. The van der Waals surface area contributed by atoms with Crippen LogP contribution in [0.2, 0.25) is 0 Å². The molecule has 1 saturated heterocycles. The number of hydrogen-bond donors (Lipinski definition) is 0. The predicted molar refractivity (Wildman–Crippen MR) is 40.2 cm³/mol. The highest BCUT2D eigenvalue weighted by atomic mass is 28.4. The third-order valence-corrected chi connectivity index (χ3v) is 3.12. The highest BCUT2D eigenvalue weighted by Gasteiger charge is 2.53. The molecule has 0 aromatic carbocycles. The van der Waals surface area contributed by atoms with Gasteiger partial charge in [-0.15, -0.1) is 0 Å². The molecular formula is C6H10O4Si. The lowest BCUT2D eigenvalue weighted by atomic mass is 10.8. The fourth-order valence-electron chi connectivity index (χ4n) is 0.743. The lowest BCUT2D eigenvalue weighted by Crippen LogP contribution is -2.41. The van der Waals surface area contributed by atoms with Crippen LogP contribution >= 0.6 is 0 Å². The second-order valence-electron chi connectivity index (χ2n) is 1.77. The van der Waals surface area contributed by atoms with E-state index in [1.165, 1.54) is 12.5 Å². The van der Waals surface area contributed by atoms with E-state index in [2.05, 4.69) is 13.2 Å². The Hall–Kier alpha value is -0.783. The van der Waals surface area contributed by atoms with Gasteiger partial charge < -0.3 is 17.7 Å². The molecule has 0 radical (unpaired) electrons. The summed E-state index contributed by atoms with van der Waals surface area (Å²) in [6.45, 7) is 7.77. The maximum absolute atomic E-state index is 5.15. The van der Waals surface area contributed by atoms with Gasteiger partial charge in [-0.2, -0.15) is 0 Å². The van der Waals surface area contributed by atoms with Gasteiger partial charge in [0.1, 0.15) is 0 Å². The summed E-state index contributed by atoms with van der Waals surface area (Å²) in [5, 5.41) is 0. The van der Waals surface area contributed by atoms with Gasteiger partial charge in [-0.3, -0.25) is 0 Å². The summed E-state index contributed by atoms with van der Waals surface area (Å²) >= 11 is 0. The lowest BCUT2D eigenvalue weighted by Gasteiger charge is -2.17. The van der Waals surface area contributed by atoms with Crippen LogP contribution in [0.5, 0.6) is 0 Å². The van der Waals surface area contributed by atoms with E-state index in [9.17, 15) is 0 Å². The maximum Gasteiger partial charge on any atom is 0.820 e. The van der Waals surface area contributed by atoms with Crippen LogP contribution < -0.4 is 0 Å². The lowest BCUT2D eigenvalue weighted by molar-refractivity contribution is 0.0911. The molecule has 1 aliphatic heterocycles. The Morgan fingerprint density at radius 2 is 1.55 bits per heavy atom. The molecule has 0 aliphatic carbocycles. The summed E-state index contributed by atoms with van der Waals surface area (Å²) in [4.78, 5) is 0. The van der Waals surface area contributed by atoms with Crippen LogP contribution in [0.4, 0.5) is 0 Å². The van der Waals surface area contributed by atoms with Gasteiger partial charge in [-0.25, -0.2) is 0 Å². The molecule has 11 heavy (non-hydrogen) atoms. The second kappa shape index (κ2) is 3.56. The summed E-state index contributed by atoms with van der Waals surface area (Å²) in [5.41, 5.74) is 0. The summed E-state index contributed by atoms with van der Waals surface area (Å²) in [6, 6.07) is 0. The fraction of sp³-hybridized carbons (Fsp3) is 0.333. The van der Waals surface area contributed by atoms with Crippen molar-refractivity contribution in [2.24, 2.45) is 0 Å². The number of hydrogen-bond acceptors (Lipinski definition) is 4. The fourth-order valence-corrected chi connectivity index (χ4v) is 2.23. The highest BCUT2D eigenvalue weighted by molar-refractivity contribution is 6.54. The molecule has 0 amide bonds. The predicted octanol–water partition coefficient (Wildman–Crippen LogP) is 0.789. The van der Waals surface area contributed by atoms with Crippen molar-refractivity contribution in [1.82, 2.24) is 0 Å². The van der Waals surface area contributed by atoms with Crippen LogP contribution in [0.25, 0.3) is 0 Å². The van der Waals surface area contributed by atoms with Crippen molar-refractivity contribution in [2.75, 3.05) is 13.2 Å². The van der Waals surface area contributed by atoms with Gasteiger partial charge in [-0.1, -0.05) is 13.2 Å². The molecule has 0 spiro atoms. The Balaban J connectivity index is 2.53. The topological polar surface area (TPSA) is 36.9 Å². The van der Waals surface area contributed by atoms with E-state index in [1.807, 2.05) is 0 Å². The van der Waals surface area contributed by atoms with Crippen molar-refractivity contribution in [1.29, 1.82) is 0 Å². The first-order valence-electron chi connectivity index (χ1n) is 3.18. The molecule has 62 valence electrons. The standard InChI is InChI=1S/C6H10O4Si/c1-3-7-11(8-4-2)9-5-6-10-11/h3-4H,1-2,5-6H2. The molecule has 1 fully saturated rings. The molecule has 0 N–H and O–H groups in total. The highest BCUT2D eigenvalue weighted by Crippen LogP contribution is 2.17. The molecule has 4 nitrogen and oxygen atoms in total. The normalized spacial score (nSPS) is 20.7. The minimum atomic E-state index is -2.87. The number of rotatable bonds is 4. The first-order chi connectivity index (χ1) is 5.33. The monoisotopic (exact) mass is 174 g/mol. The van der Waals surface area contributed by atoms with Crippen LogP contribution in [0.3, 0.4) is 0 Å². The van der Waals surface area contributed by atoms with E-state index in [0.29, 0.717) is 13.2 Å². The zero-order valence-electron chi connectivity index (χ0n) is 6.12. The van der Waals surface area contributed by atoms with Crippen LogP contribution in [0.15, 0.2) is 25.7 Å². The van der Waals surface area contributed by atoms with E-state index in [1.54, 1.807) is 0 Å². The third-order valence-electron chi connectivity index (χ3n) is 1.10. The van der Waals surface area contributed by atoms with Gasteiger partial charge in [0.2, 0.25) is 0 Å². The smallest absolute Gasteiger partial charge is 0.478 e. The van der Waals surface area contributed by atoms with E-state index < -0.39 is 9.05 Å². The molecule has 1 rings (SSSR count). The average Bonchev–Trinajstić information content (AvgIpc) is 2.39. The largest absolute Gasteiger partial charge is 0.820 e. The summed E-state index contributed by atoms with van der Waals surface area (Å²) < 4.78 is 20.3. The molecule has 0 atom stereocenters. The Labute approximate surface area is 66.5 Å². The van der Waals surface area contributed by atoms with Crippen molar-refractivity contribution in [3.8, 4) is 0 Å². The summed E-state index contributed by atoms with van der Waals surface area (Å²) in [7, 11) is -2.87. The quantitative estimate of drug-likeness (QED) is 0.466. The van der Waals surface area contributed by atoms with Crippen molar-refractivity contribution >= 4 is 9.05 Å².